The van der Waals surface area contributed by atoms with Crippen molar-refractivity contribution in [3.8, 4) is 6.07 Å². The Morgan fingerprint density at radius 3 is 2.11 bits per heavy atom. The zero-order valence-corrected chi connectivity index (χ0v) is 16.8. The molecule has 0 fully saturated rings. The van der Waals surface area contributed by atoms with E-state index in [1.807, 2.05) is 57.0 Å². The summed E-state index contributed by atoms with van der Waals surface area (Å²) in [7, 11) is 1.95. The van der Waals surface area contributed by atoms with Gasteiger partial charge in [0.25, 0.3) is 0 Å². The largest absolute Gasteiger partial charge is 0.463 e. The van der Waals surface area contributed by atoms with Crippen molar-refractivity contribution < 1.29 is 9.53 Å². The number of esters is 1. The van der Waals surface area contributed by atoms with Crippen molar-refractivity contribution in [1.29, 1.82) is 5.26 Å². The number of likely N-dealkylation sites (N-methyl/N-ethyl adjacent to an activating group) is 1. The van der Waals surface area contributed by atoms with Crippen molar-refractivity contribution >= 4 is 23.0 Å². The van der Waals surface area contributed by atoms with Gasteiger partial charge in [0.05, 0.1) is 35.0 Å². The molecule has 0 aliphatic heterocycles. The Hall–Kier alpha value is -3.20. The standard InChI is InChI=1S/C22H26N4O2/c1-5-22(2,3)21(27)28-15-14-26(4)20-12-10-19(11-13-20)25-24-18-8-6-17(16-23)7-9-18/h6-13H,5,14-15H2,1-4H3. The Balaban J connectivity index is 1.88. The van der Waals surface area contributed by atoms with Gasteiger partial charge in [-0.2, -0.15) is 15.5 Å². The van der Waals surface area contributed by atoms with Crippen LogP contribution in [0.15, 0.2) is 58.8 Å². The Morgan fingerprint density at radius 2 is 1.61 bits per heavy atom. The zero-order chi connectivity index (χ0) is 20.6. The van der Waals surface area contributed by atoms with Crippen molar-refractivity contribution in [3.05, 3.63) is 54.1 Å². The Kier molecular flexibility index (Phi) is 7.28. The van der Waals surface area contributed by atoms with Gasteiger partial charge in [-0.15, -0.1) is 0 Å². The third-order valence-corrected chi connectivity index (χ3v) is 4.66. The summed E-state index contributed by atoms with van der Waals surface area (Å²) in [5.41, 5.74) is 2.58. The van der Waals surface area contributed by atoms with Gasteiger partial charge in [-0.25, -0.2) is 0 Å². The highest BCUT2D eigenvalue weighted by atomic mass is 16.5. The molecule has 0 atom stereocenters. The van der Waals surface area contributed by atoms with Crippen LogP contribution in [0, 0.1) is 16.7 Å². The first-order chi connectivity index (χ1) is 13.4. The molecule has 0 radical (unpaired) electrons. The van der Waals surface area contributed by atoms with E-state index < -0.39 is 5.41 Å². The van der Waals surface area contributed by atoms with Gasteiger partial charge in [0.15, 0.2) is 0 Å². The number of hydrogen-bond acceptors (Lipinski definition) is 6. The molecule has 6 heteroatoms. The molecular weight excluding hydrogens is 352 g/mol. The molecule has 6 nitrogen and oxygen atoms in total. The maximum absolute atomic E-state index is 12.0. The van der Waals surface area contributed by atoms with Crippen LogP contribution < -0.4 is 4.90 Å². The Morgan fingerprint density at radius 1 is 1.07 bits per heavy atom. The number of carbonyl (C=O) groups is 1. The third kappa shape index (κ3) is 5.92. The molecule has 146 valence electrons. The molecule has 0 N–H and O–H groups in total. The molecule has 0 bridgehead atoms. The second kappa shape index (κ2) is 9.65. The summed E-state index contributed by atoms with van der Waals surface area (Å²) in [6.45, 7) is 6.72. The summed E-state index contributed by atoms with van der Waals surface area (Å²) in [5.74, 6) is -0.165. The minimum Gasteiger partial charge on any atom is -0.463 e. The first kappa shape index (κ1) is 21.1. The number of nitriles is 1. The summed E-state index contributed by atoms with van der Waals surface area (Å²) in [6, 6.07) is 16.7. The normalized spacial score (nSPS) is 11.2. The van der Waals surface area contributed by atoms with Crippen LogP contribution in [0.4, 0.5) is 17.1 Å². The quantitative estimate of drug-likeness (QED) is 0.456. The lowest BCUT2D eigenvalue weighted by Crippen LogP contribution is -2.30. The van der Waals surface area contributed by atoms with Crippen molar-refractivity contribution in [2.45, 2.75) is 27.2 Å². The third-order valence-electron chi connectivity index (χ3n) is 4.66. The number of nitrogens with zero attached hydrogens (tertiary/aromatic N) is 4. The van der Waals surface area contributed by atoms with Crippen LogP contribution in [0.25, 0.3) is 0 Å². The highest BCUT2D eigenvalue weighted by molar-refractivity contribution is 5.75. The van der Waals surface area contributed by atoms with E-state index in [0.29, 0.717) is 24.4 Å². The van der Waals surface area contributed by atoms with E-state index in [1.54, 1.807) is 24.3 Å². The Bertz CT molecular complexity index is 850. The van der Waals surface area contributed by atoms with Gasteiger partial charge in [0, 0.05) is 12.7 Å². The number of ether oxygens (including phenoxy) is 1. The van der Waals surface area contributed by atoms with Crippen molar-refractivity contribution in [2.24, 2.45) is 15.6 Å². The number of rotatable bonds is 8. The molecule has 0 spiro atoms. The molecule has 0 saturated heterocycles. The van der Waals surface area contributed by atoms with Gasteiger partial charge >= 0.3 is 5.97 Å². The maximum atomic E-state index is 12.0. The fraction of sp³-hybridized carbons (Fsp3) is 0.364. The average molecular weight is 378 g/mol. The summed E-state index contributed by atoms with van der Waals surface area (Å²) >= 11 is 0. The number of hydrogen-bond donors (Lipinski definition) is 0. The first-order valence-corrected chi connectivity index (χ1v) is 9.26. The molecule has 2 aromatic rings. The molecule has 28 heavy (non-hydrogen) atoms. The highest BCUT2D eigenvalue weighted by Crippen LogP contribution is 2.23. The second-order valence-corrected chi connectivity index (χ2v) is 7.17. The van der Waals surface area contributed by atoms with Crippen LogP contribution in [0.2, 0.25) is 0 Å². The summed E-state index contributed by atoms with van der Waals surface area (Å²) in [4.78, 5) is 14.0. The number of azo groups is 1. The van der Waals surface area contributed by atoms with Crippen molar-refractivity contribution in [2.75, 3.05) is 25.1 Å². The maximum Gasteiger partial charge on any atom is 0.311 e. The molecule has 2 aromatic carbocycles. The predicted octanol–water partition coefficient (Wildman–Crippen LogP) is 5.39. The van der Waals surface area contributed by atoms with Crippen LogP contribution in [0.3, 0.4) is 0 Å². The number of carbonyl (C=O) groups excluding carboxylic acids is 1. The van der Waals surface area contributed by atoms with Crippen LogP contribution in [0.5, 0.6) is 0 Å². The average Bonchev–Trinajstić information content (AvgIpc) is 2.72. The molecule has 0 unspecified atom stereocenters. The van der Waals surface area contributed by atoms with Gasteiger partial charge in [-0.05, 0) is 68.8 Å². The molecule has 0 aromatic heterocycles. The number of benzene rings is 2. The lowest BCUT2D eigenvalue weighted by molar-refractivity contribution is -0.153. The van der Waals surface area contributed by atoms with E-state index in [1.165, 1.54) is 0 Å². The first-order valence-electron chi connectivity index (χ1n) is 9.26. The smallest absolute Gasteiger partial charge is 0.311 e. The fourth-order valence-electron chi connectivity index (χ4n) is 2.24. The molecule has 0 amide bonds. The highest BCUT2D eigenvalue weighted by Gasteiger charge is 2.26. The minimum atomic E-state index is -0.444. The molecule has 0 aliphatic rings. The molecule has 0 aliphatic carbocycles. The molecule has 0 saturated carbocycles. The van der Waals surface area contributed by atoms with Crippen molar-refractivity contribution in [3.63, 3.8) is 0 Å². The fourth-order valence-corrected chi connectivity index (χ4v) is 2.24. The van der Waals surface area contributed by atoms with Crippen LogP contribution >= 0.6 is 0 Å². The predicted molar refractivity (Wildman–Crippen MR) is 110 cm³/mol. The molecule has 2 rings (SSSR count). The molecular formula is C22H26N4O2. The number of anilines is 1. The van der Waals surface area contributed by atoms with E-state index in [9.17, 15) is 4.79 Å². The second-order valence-electron chi connectivity index (χ2n) is 7.17. The van der Waals surface area contributed by atoms with E-state index >= 15 is 0 Å². The van der Waals surface area contributed by atoms with Gasteiger partial charge in [-0.1, -0.05) is 6.92 Å². The van der Waals surface area contributed by atoms with Crippen LogP contribution in [-0.2, 0) is 9.53 Å². The van der Waals surface area contributed by atoms with Crippen LogP contribution in [-0.4, -0.2) is 26.2 Å². The van der Waals surface area contributed by atoms with Crippen molar-refractivity contribution in [1.82, 2.24) is 0 Å². The minimum absolute atomic E-state index is 0.165. The lowest BCUT2D eigenvalue weighted by atomic mass is 9.91. The Labute approximate surface area is 166 Å². The monoisotopic (exact) mass is 378 g/mol. The topological polar surface area (TPSA) is 78.0 Å². The van der Waals surface area contributed by atoms with Gasteiger partial charge in [0.2, 0.25) is 0 Å². The SMILES string of the molecule is CCC(C)(C)C(=O)OCCN(C)c1ccc(N=Nc2ccc(C#N)cc2)cc1. The van der Waals surface area contributed by atoms with E-state index in [-0.39, 0.29) is 5.97 Å². The summed E-state index contributed by atoms with van der Waals surface area (Å²) < 4.78 is 5.38. The van der Waals surface area contributed by atoms with E-state index in [4.69, 9.17) is 10.00 Å². The van der Waals surface area contributed by atoms with E-state index in [2.05, 4.69) is 16.3 Å². The van der Waals surface area contributed by atoms with Gasteiger partial charge < -0.3 is 9.64 Å². The molecule has 0 heterocycles. The lowest BCUT2D eigenvalue weighted by Gasteiger charge is -2.23. The van der Waals surface area contributed by atoms with Gasteiger partial charge in [0.1, 0.15) is 6.61 Å². The van der Waals surface area contributed by atoms with E-state index in [0.717, 1.165) is 17.8 Å². The van der Waals surface area contributed by atoms with Crippen LogP contribution in [0.1, 0.15) is 32.8 Å². The van der Waals surface area contributed by atoms with Gasteiger partial charge in [-0.3, -0.25) is 4.79 Å². The zero-order valence-electron chi connectivity index (χ0n) is 16.8. The summed E-state index contributed by atoms with van der Waals surface area (Å²) in [6.07, 6.45) is 0.750. The summed E-state index contributed by atoms with van der Waals surface area (Å²) in [5, 5.41) is 17.2.